The molecule has 0 radical (unpaired) electrons. The SMILES string of the molecule is COc1ccc([C@H](C)NC(C)C(=O)NC2CC2)cc1. The van der Waals surface area contributed by atoms with Gasteiger partial charge in [0.05, 0.1) is 13.2 Å². The molecule has 0 bridgehead atoms. The molecular formula is C15H22N2O2. The van der Waals surface area contributed by atoms with Crippen molar-refractivity contribution in [1.29, 1.82) is 0 Å². The van der Waals surface area contributed by atoms with Gasteiger partial charge in [-0.05, 0) is 44.4 Å². The van der Waals surface area contributed by atoms with E-state index in [1.165, 1.54) is 0 Å². The van der Waals surface area contributed by atoms with Crippen LogP contribution in [0.3, 0.4) is 0 Å². The maximum atomic E-state index is 11.9. The van der Waals surface area contributed by atoms with E-state index in [1.54, 1.807) is 7.11 Å². The van der Waals surface area contributed by atoms with Crippen LogP contribution < -0.4 is 15.4 Å². The van der Waals surface area contributed by atoms with Crippen molar-refractivity contribution >= 4 is 5.91 Å². The lowest BCUT2D eigenvalue weighted by Gasteiger charge is -2.20. The summed E-state index contributed by atoms with van der Waals surface area (Å²) in [5.74, 6) is 0.929. The summed E-state index contributed by atoms with van der Waals surface area (Å²) in [4.78, 5) is 11.9. The van der Waals surface area contributed by atoms with Crippen LogP contribution in [-0.2, 0) is 4.79 Å². The Labute approximate surface area is 114 Å². The topological polar surface area (TPSA) is 50.4 Å². The Morgan fingerprint density at radius 3 is 2.42 bits per heavy atom. The predicted molar refractivity (Wildman–Crippen MR) is 75.2 cm³/mol. The molecule has 1 aromatic rings. The second-order valence-electron chi connectivity index (χ2n) is 5.17. The van der Waals surface area contributed by atoms with E-state index < -0.39 is 0 Å². The van der Waals surface area contributed by atoms with Gasteiger partial charge in [0.1, 0.15) is 5.75 Å². The Kier molecular flexibility index (Phi) is 4.43. The molecule has 2 N–H and O–H groups in total. The lowest BCUT2D eigenvalue weighted by atomic mass is 10.1. The molecule has 1 aliphatic carbocycles. The van der Waals surface area contributed by atoms with Crippen LogP contribution in [0.15, 0.2) is 24.3 Å². The third-order valence-corrected chi connectivity index (χ3v) is 3.43. The van der Waals surface area contributed by atoms with E-state index in [0.29, 0.717) is 6.04 Å². The molecule has 4 nitrogen and oxygen atoms in total. The third kappa shape index (κ3) is 3.96. The molecule has 1 fully saturated rings. The largest absolute Gasteiger partial charge is 0.497 e. The summed E-state index contributed by atoms with van der Waals surface area (Å²) >= 11 is 0. The average molecular weight is 262 g/mol. The summed E-state index contributed by atoms with van der Waals surface area (Å²) in [5.41, 5.74) is 1.15. The number of hydrogen-bond acceptors (Lipinski definition) is 3. The Bertz CT molecular complexity index is 426. The first-order valence-corrected chi connectivity index (χ1v) is 6.80. The molecule has 0 aromatic heterocycles. The molecule has 1 aromatic carbocycles. The molecule has 2 atom stereocenters. The van der Waals surface area contributed by atoms with Crippen LogP contribution in [-0.4, -0.2) is 25.1 Å². The summed E-state index contributed by atoms with van der Waals surface area (Å²) < 4.78 is 5.13. The lowest BCUT2D eigenvalue weighted by molar-refractivity contribution is -0.123. The van der Waals surface area contributed by atoms with Crippen molar-refractivity contribution in [3.05, 3.63) is 29.8 Å². The second kappa shape index (κ2) is 6.06. The number of carbonyl (C=O) groups is 1. The minimum atomic E-state index is -0.183. The van der Waals surface area contributed by atoms with Gasteiger partial charge in [-0.3, -0.25) is 10.1 Å². The molecule has 104 valence electrons. The van der Waals surface area contributed by atoms with E-state index in [9.17, 15) is 4.79 Å². The van der Waals surface area contributed by atoms with Crippen molar-refractivity contribution in [2.24, 2.45) is 0 Å². The molecule has 0 spiro atoms. The highest BCUT2D eigenvalue weighted by atomic mass is 16.5. The highest BCUT2D eigenvalue weighted by Gasteiger charge is 2.26. The van der Waals surface area contributed by atoms with Crippen LogP contribution in [0.5, 0.6) is 5.75 Å². The van der Waals surface area contributed by atoms with Crippen molar-refractivity contribution < 1.29 is 9.53 Å². The summed E-state index contributed by atoms with van der Waals surface area (Å²) in [6, 6.07) is 8.26. The Hall–Kier alpha value is -1.55. The maximum absolute atomic E-state index is 11.9. The zero-order chi connectivity index (χ0) is 13.8. The first kappa shape index (κ1) is 13.9. The summed E-state index contributed by atoms with van der Waals surface area (Å²) in [5, 5.41) is 6.32. The maximum Gasteiger partial charge on any atom is 0.237 e. The highest BCUT2D eigenvalue weighted by Crippen LogP contribution is 2.20. The zero-order valence-corrected chi connectivity index (χ0v) is 11.8. The molecule has 1 saturated carbocycles. The molecule has 0 saturated heterocycles. The van der Waals surface area contributed by atoms with Crippen molar-refractivity contribution in [2.45, 2.75) is 44.8 Å². The fourth-order valence-electron chi connectivity index (χ4n) is 1.99. The van der Waals surface area contributed by atoms with Gasteiger partial charge in [0.2, 0.25) is 5.91 Å². The van der Waals surface area contributed by atoms with Gasteiger partial charge < -0.3 is 10.1 Å². The van der Waals surface area contributed by atoms with Crippen molar-refractivity contribution in [2.75, 3.05) is 7.11 Å². The Balaban J connectivity index is 1.87. The number of rotatable bonds is 6. The summed E-state index contributed by atoms with van der Waals surface area (Å²) in [6.07, 6.45) is 2.24. The molecule has 1 aliphatic rings. The minimum Gasteiger partial charge on any atom is -0.497 e. The molecule has 4 heteroatoms. The molecular weight excluding hydrogens is 240 g/mol. The van der Waals surface area contributed by atoms with E-state index >= 15 is 0 Å². The van der Waals surface area contributed by atoms with Gasteiger partial charge in [-0.15, -0.1) is 0 Å². The molecule has 0 aliphatic heterocycles. The predicted octanol–water partition coefficient (Wildman–Crippen LogP) is 2.01. The quantitative estimate of drug-likeness (QED) is 0.824. The highest BCUT2D eigenvalue weighted by molar-refractivity contribution is 5.81. The number of benzene rings is 1. The van der Waals surface area contributed by atoms with Gasteiger partial charge in [-0.25, -0.2) is 0 Å². The number of methoxy groups -OCH3 is 1. The number of ether oxygens (including phenoxy) is 1. The number of carbonyl (C=O) groups excluding carboxylic acids is 1. The fourth-order valence-corrected chi connectivity index (χ4v) is 1.99. The number of nitrogens with one attached hydrogen (secondary N) is 2. The van der Waals surface area contributed by atoms with Crippen LogP contribution in [0.4, 0.5) is 0 Å². The van der Waals surface area contributed by atoms with Crippen molar-refractivity contribution in [3.8, 4) is 5.75 Å². The van der Waals surface area contributed by atoms with Gasteiger partial charge in [-0.2, -0.15) is 0 Å². The van der Waals surface area contributed by atoms with Crippen LogP contribution in [0.25, 0.3) is 0 Å². The first-order chi connectivity index (χ1) is 9.10. The van der Waals surface area contributed by atoms with E-state index in [1.807, 2.05) is 31.2 Å². The Morgan fingerprint density at radius 1 is 1.26 bits per heavy atom. The standard InChI is InChI=1S/C15H22N2O2/c1-10(12-4-8-14(19-3)9-5-12)16-11(2)15(18)17-13-6-7-13/h4-5,8-11,13,16H,6-7H2,1-3H3,(H,17,18)/t10-,11?/m0/s1. The zero-order valence-electron chi connectivity index (χ0n) is 11.8. The summed E-state index contributed by atoms with van der Waals surface area (Å²) in [7, 11) is 1.65. The summed E-state index contributed by atoms with van der Waals surface area (Å²) in [6.45, 7) is 3.96. The van der Waals surface area contributed by atoms with Crippen LogP contribution in [0.2, 0.25) is 0 Å². The van der Waals surface area contributed by atoms with Crippen molar-refractivity contribution in [3.63, 3.8) is 0 Å². The fraction of sp³-hybridized carbons (Fsp3) is 0.533. The van der Waals surface area contributed by atoms with Gasteiger partial charge in [0.15, 0.2) is 0 Å². The van der Waals surface area contributed by atoms with Crippen LogP contribution >= 0.6 is 0 Å². The normalized spacial score (nSPS) is 17.6. The van der Waals surface area contributed by atoms with E-state index in [0.717, 1.165) is 24.2 Å². The van der Waals surface area contributed by atoms with Crippen molar-refractivity contribution in [1.82, 2.24) is 10.6 Å². The molecule has 1 amide bonds. The van der Waals surface area contributed by atoms with Gasteiger partial charge >= 0.3 is 0 Å². The number of hydrogen-bond donors (Lipinski definition) is 2. The van der Waals surface area contributed by atoms with Gasteiger partial charge in [0, 0.05) is 12.1 Å². The molecule has 0 heterocycles. The molecule has 1 unspecified atom stereocenters. The second-order valence-corrected chi connectivity index (χ2v) is 5.17. The van der Waals surface area contributed by atoms with Crippen LogP contribution in [0, 0.1) is 0 Å². The Morgan fingerprint density at radius 2 is 1.89 bits per heavy atom. The first-order valence-electron chi connectivity index (χ1n) is 6.80. The smallest absolute Gasteiger partial charge is 0.237 e. The van der Waals surface area contributed by atoms with Crippen LogP contribution in [0.1, 0.15) is 38.3 Å². The van der Waals surface area contributed by atoms with E-state index in [2.05, 4.69) is 17.6 Å². The van der Waals surface area contributed by atoms with E-state index in [-0.39, 0.29) is 18.0 Å². The van der Waals surface area contributed by atoms with Gasteiger partial charge in [-0.1, -0.05) is 12.1 Å². The van der Waals surface area contributed by atoms with Gasteiger partial charge in [0.25, 0.3) is 0 Å². The molecule has 19 heavy (non-hydrogen) atoms. The van der Waals surface area contributed by atoms with E-state index in [4.69, 9.17) is 4.74 Å². The number of amides is 1. The third-order valence-electron chi connectivity index (χ3n) is 3.43. The lowest BCUT2D eigenvalue weighted by Crippen LogP contribution is -2.43. The average Bonchev–Trinajstić information content (AvgIpc) is 3.22. The minimum absolute atomic E-state index is 0.0860. The monoisotopic (exact) mass is 262 g/mol. The molecule has 2 rings (SSSR count).